The van der Waals surface area contributed by atoms with Gasteiger partial charge in [-0.2, -0.15) is 0 Å². The second-order valence-electron chi connectivity index (χ2n) is 7.29. The molecule has 5 heteroatoms. The molecule has 0 atom stereocenters. The summed E-state index contributed by atoms with van der Waals surface area (Å²) in [5.74, 6) is 1.73. The number of fused-ring (bicyclic) bond motifs is 1. The quantitative estimate of drug-likeness (QED) is 0.785. The minimum atomic E-state index is 0.105. The van der Waals surface area contributed by atoms with Gasteiger partial charge in [-0.1, -0.05) is 12.1 Å². The number of imidazole rings is 1. The van der Waals surface area contributed by atoms with E-state index >= 15 is 0 Å². The molecule has 0 aliphatic carbocycles. The molecular weight excluding hydrogens is 324 g/mol. The number of likely N-dealkylation sites (tertiary alicyclic amines) is 1. The first-order valence-electron chi connectivity index (χ1n) is 9.25. The first kappa shape index (κ1) is 16.8. The Bertz CT molecular complexity index is 925. The lowest BCUT2D eigenvalue weighted by Gasteiger charge is -2.32. The van der Waals surface area contributed by atoms with E-state index in [2.05, 4.69) is 34.0 Å². The Labute approximate surface area is 153 Å². The molecule has 0 bridgehead atoms. The lowest BCUT2D eigenvalue weighted by molar-refractivity contribution is 0.0689. The maximum absolute atomic E-state index is 13.0. The van der Waals surface area contributed by atoms with E-state index in [0.717, 1.165) is 60.3 Å². The van der Waals surface area contributed by atoms with Gasteiger partial charge in [-0.25, -0.2) is 4.98 Å². The van der Waals surface area contributed by atoms with E-state index in [1.807, 2.05) is 30.2 Å². The van der Waals surface area contributed by atoms with Crippen molar-refractivity contribution in [2.75, 3.05) is 13.1 Å². The first-order chi connectivity index (χ1) is 12.6. The average molecular weight is 348 g/mol. The Morgan fingerprint density at radius 2 is 2.04 bits per heavy atom. The molecule has 5 nitrogen and oxygen atoms in total. The van der Waals surface area contributed by atoms with E-state index in [1.54, 1.807) is 6.20 Å². The molecule has 1 saturated heterocycles. The van der Waals surface area contributed by atoms with E-state index in [1.165, 1.54) is 5.56 Å². The van der Waals surface area contributed by atoms with Crippen LogP contribution in [0, 0.1) is 19.8 Å². The Kier molecular flexibility index (Phi) is 4.45. The average Bonchev–Trinajstić information content (AvgIpc) is 3.14. The second-order valence-corrected chi connectivity index (χ2v) is 7.29. The molecule has 3 heterocycles. The third-order valence-electron chi connectivity index (χ3n) is 5.33. The van der Waals surface area contributed by atoms with Crippen molar-refractivity contribution in [2.24, 2.45) is 5.92 Å². The Morgan fingerprint density at radius 1 is 1.23 bits per heavy atom. The fourth-order valence-electron chi connectivity index (χ4n) is 3.78. The van der Waals surface area contributed by atoms with Crippen molar-refractivity contribution < 1.29 is 4.79 Å². The highest BCUT2D eigenvalue weighted by molar-refractivity contribution is 5.98. The molecule has 1 amide bonds. The van der Waals surface area contributed by atoms with Crippen LogP contribution in [-0.4, -0.2) is 38.8 Å². The van der Waals surface area contributed by atoms with Gasteiger partial charge in [0.05, 0.1) is 16.8 Å². The molecule has 1 fully saturated rings. The number of aryl methyl sites for hydroxylation is 2. The molecule has 0 radical (unpaired) electrons. The maximum atomic E-state index is 13.0. The van der Waals surface area contributed by atoms with Gasteiger partial charge >= 0.3 is 0 Å². The van der Waals surface area contributed by atoms with Gasteiger partial charge in [0.2, 0.25) is 0 Å². The summed E-state index contributed by atoms with van der Waals surface area (Å²) in [7, 11) is 0. The van der Waals surface area contributed by atoms with E-state index in [9.17, 15) is 4.79 Å². The molecule has 3 aromatic rings. The number of rotatable bonds is 3. The van der Waals surface area contributed by atoms with Crippen molar-refractivity contribution >= 4 is 16.8 Å². The molecule has 1 aliphatic heterocycles. The summed E-state index contributed by atoms with van der Waals surface area (Å²) in [4.78, 5) is 27.1. The summed E-state index contributed by atoms with van der Waals surface area (Å²) in [6.45, 7) is 5.59. The number of aromatic nitrogens is 3. The zero-order valence-corrected chi connectivity index (χ0v) is 15.3. The first-order valence-corrected chi connectivity index (χ1v) is 9.25. The summed E-state index contributed by atoms with van der Waals surface area (Å²) in [5, 5.41) is 1.03. The van der Waals surface area contributed by atoms with Crippen molar-refractivity contribution in [3.05, 3.63) is 59.3 Å². The van der Waals surface area contributed by atoms with Crippen molar-refractivity contribution in [3.63, 3.8) is 0 Å². The summed E-state index contributed by atoms with van der Waals surface area (Å²) in [6, 6.07) is 8.17. The minimum Gasteiger partial charge on any atom is -0.349 e. The van der Waals surface area contributed by atoms with Crippen LogP contribution in [0.25, 0.3) is 10.9 Å². The fraction of sp³-hybridized carbons (Fsp3) is 0.381. The molecule has 0 saturated carbocycles. The van der Waals surface area contributed by atoms with Gasteiger partial charge in [0.25, 0.3) is 5.91 Å². The molecule has 0 spiro atoms. The second kappa shape index (κ2) is 6.90. The van der Waals surface area contributed by atoms with Gasteiger partial charge in [0.1, 0.15) is 5.82 Å². The predicted molar refractivity (Wildman–Crippen MR) is 102 cm³/mol. The number of hydrogen-bond donors (Lipinski definition) is 1. The van der Waals surface area contributed by atoms with Crippen LogP contribution in [0.15, 0.2) is 36.7 Å². The maximum Gasteiger partial charge on any atom is 0.255 e. The third-order valence-corrected chi connectivity index (χ3v) is 5.33. The van der Waals surface area contributed by atoms with Crippen LogP contribution in [0.4, 0.5) is 0 Å². The number of hydrogen-bond acceptors (Lipinski definition) is 3. The van der Waals surface area contributed by atoms with Gasteiger partial charge in [-0.05, 0) is 50.3 Å². The normalized spacial score (nSPS) is 15.5. The fourth-order valence-corrected chi connectivity index (χ4v) is 3.78. The van der Waals surface area contributed by atoms with Gasteiger partial charge < -0.3 is 9.88 Å². The molecule has 134 valence electrons. The molecule has 1 aliphatic rings. The van der Waals surface area contributed by atoms with Crippen molar-refractivity contribution in [3.8, 4) is 0 Å². The van der Waals surface area contributed by atoms with Crippen molar-refractivity contribution in [1.82, 2.24) is 19.9 Å². The van der Waals surface area contributed by atoms with Crippen LogP contribution >= 0.6 is 0 Å². The van der Waals surface area contributed by atoms with Gasteiger partial charge in [0.15, 0.2) is 0 Å². The zero-order valence-electron chi connectivity index (χ0n) is 15.3. The highest BCUT2D eigenvalue weighted by Crippen LogP contribution is 2.24. The van der Waals surface area contributed by atoms with E-state index in [0.29, 0.717) is 5.92 Å². The van der Waals surface area contributed by atoms with Gasteiger partial charge in [-0.15, -0.1) is 0 Å². The number of H-pyrrole nitrogens is 1. The van der Waals surface area contributed by atoms with Crippen LogP contribution < -0.4 is 0 Å². The van der Waals surface area contributed by atoms with Crippen LogP contribution in [0.2, 0.25) is 0 Å². The minimum absolute atomic E-state index is 0.105. The monoisotopic (exact) mass is 348 g/mol. The van der Waals surface area contributed by atoms with Crippen LogP contribution in [-0.2, 0) is 6.42 Å². The molecule has 2 aromatic heterocycles. The SMILES string of the molecule is Cc1ccc2cc(C(=O)N3CCC(Cc4ncc[nH]4)CC3)c(C)nc2c1. The van der Waals surface area contributed by atoms with Crippen molar-refractivity contribution in [2.45, 2.75) is 33.1 Å². The number of aromatic amines is 1. The van der Waals surface area contributed by atoms with E-state index in [4.69, 9.17) is 0 Å². The highest BCUT2D eigenvalue weighted by Gasteiger charge is 2.25. The number of carbonyl (C=O) groups excluding carboxylic acids is 1. The lowest BCUT2D eigenvalue weighted by atomic mass is 9.93. The highest BCUT2D eigenvalue weighted by atomic mass is 16.2. The van der Waals surface area contributed by atoms with Crippen LogP contribution in [0.3, 0.4) is 0 Å². The number of nitrogens with zero attached hydrogens (tertiary/aromatic N) is 3. The molecule has 1 aromatic carbocycles. The number of benzene rings is 1. The molecular formula is C21H24N4O. The third kappa shape index (κ3) is 3.34. The Hall–Kier alpha value is -2.69. The summed E-state index contributed by atoms with van der Waals surface area (Å²) >= 11 is 0. The van der Waals surface area contributed by atoms with Gasteiger partial charge in [0, 0.05) is 37.3 Å². The van der Waals surface area contributed by atoms with Gasteiger partial charge in [-0.3, -0.25) is 9.78 Å². The molecule has 26 heavy (non-hydrogen) atoms. The Balaban J connectivity index is 1.47. The number of nitrogens with one attached hydrogen (secondary N) is 1. The predicted octanol–water partition coefficient (Wildman–Crippen LogP) is 3.67. The van der Waals surface area contributed by atoms with E-state index in [-0.39, 0.29) is 5.91 Å². The van der Waals surface area contributed by atoms with Crippen LogP contribution in [0.1, 0.15) is 40.3 Å². The summed E-state index contributed by atoms with van der Waals surface area (Å²) < 4.78 is 0. The molecule has 0 unspecified atom stereocenters. The summed E-state index contributed by atoms with van der Waals surface area (Å²) in [6.07, 6.45) is 6.66. The van der Waals surface area contributed by atoms with Crippen LogP contribution in [0.5, 0.6) is 0 Å². The lowest BCUT2D eigenvalue weighted by Crippen LogP contribution is -2.39. The Morgan fingerprint density at radius 3 is 2.77 bits per heavy atom. The summed E-state index contributed by atoms with van der Waals surface area (Å²) in [5.41, 5.74) is 3.68. The van der Waals surface area contributed by atoms with E-state index < -0.39 is 0 Å². The standard InChI is InChI=1S/C21H24N4O/c1-14-3-4-17-13-18(15(2)24-19(17)11-14)21(26)25-9-5-16(6-10-25)12-20-22-7-8-23-20/h3-4,7-8,11,13,16H,5-6,9-10,12H2,1-2H3,(H,22,23). The smallest absolute Gasteiger partial charge is 0.255 e. The number of pyridine rings is 1. The number of amides is 1. The zero-order chi connectivity index (χ0) is 18.1. The molecule has 1 N–H and O–H groups in total. The number of carbonyl (C=O) groups is 1. The molecule has 4 rings (SSSR count). The number of piperidine rings is 1. The topological polar surface area (TPSA) is 61.9 Å². The van der Waals surface area contributed by atoms with Crippen molar-refractivity contribution in [1.29, 1.82) is 0 Å². The largest absolute Gasteiger partial charge is 0.349 e.